The fourth-order valence-corrected chi connectivity index (χ4v) is 5.85. The Morgan fingerprint density at radius 1 is 1.00 bits per heavy atom. The topological polar surface area (TPSA) is 83.8 Å². The van der Waals surface area contributed by atoms with E-state index >= 15 is 0 Å². The third-order valence-electron chi connectivity index (χ3n) is 7.68. The van der Waals surface area contributed by atoms with Gasteiger partial charge in [0.1, 0.15) is 5.82 Å². The summed E-state index contributed by atoms with van der Waals surface area (Å²) in [6, 6.07) is 16.6. The smallest absolute Gasteiger partial charge is 0.274 e. The molecule has 0 bridgehead atoms. The molecule has 2 aliphatic rings. The van der Waals surface area contributed by atoms with Gasteiger partial charge in [0.25, 0.3) is 17.5 Å². The summed E-state index contributed by atoms with van der Waals surface area (Å²) >= 11 is 6.09. The van der Waals surface area contributed by atoms with Crippen molar-refractivity contribution in [2.24, 2.45) is 5.92 Å². The summed E-state index contributed by atoms with van der Waals surface area (Å²) in [5.74, 6) is -0.416. The Bertz CT molecular complexity index is 1390. The molecule has 2 saturated heterocycles. The molecule has 3 aromatic rings. The van der Waals surface area contributed by atoms with E-state index in [2.05, 4.69) is 0 Å². The predicted octanol–water partition coefficient (Wildman–Crippen LogP) is 5.66. The monoisotopic (exact) mass is 535 g/mol. The molecule has 196 valence electrons. The number of amides is 2. The number of halogens is 2. The number of carbonyl (C=O) groups excluding carboxylic acids is 2. The van der Waals surface area contributed by atoms with Crippen molar-refractivity contribution in [2.75, 3.05) is 19.6 Å². The summed E-state index contributed by atoms with van der Waals surface area (Å²) < 4.78 is 13.1. The second-order valence-corrected chi connectivity index (χ2v) is 10.4. The van der Waals surface area contributed by atoms with Crippen LogP contribution >= 0.6 is 11.6 Å². The largest absolute Gasteiger partial charge is 0.338 e. The Morgan fingerprint density at radius 2 is 1.66 bits per heavy atom. The highest BCUT2D eigenvalue weighted by molar-refractivity contribution is 6.31. The number of fused-ring (bicyclic) bond motifs is 1. The highest BCUT2D eigenvalue weighted by Gasteiger charge is 2.42. The molecule has 2 atom stereocenters. The maximum Gasteiger partial charge on any atom is 0.274 e. The van der Waals surface area contributed by atoms with Gasteiger partial charge in [-0.15, -0.1) is 0 Å². The average molecular weight is 536 g/mol. The van der Waals surface area contributed by atoms with Crippen LogP contribution in [0.1, 0.15) is 50.2 Å². The molecular weight excluding hydrogens is 509 g/mol. The van der Waals surface area contributed by atoms with Crippen LogP contribution in [0.15, 0.2) is 60.7 Å². The molecule has 5 rings (SSSR count). The number of nitrogens with zero attached hydrogens (tertiary/aromatic N) is 3. The van der Waals surface area contributed by atoms with Gasteiger partial charge < -0.3 is 9.80 Å². The first kappa shape index (κ1) is 25.9. The van der Waals surface area contributed by atoms with E-state index in [4.69, 9.17) is 11.6 Å². The molecule has 0 radical (unpaired) electrons. The fourth-order valence-electron chi connectivity index (χ4n) is 5.64. The van der Waals surface area contributed by atoms with Gasteiger partial charge in [0.05, 0.1) is 10.5 Å². The predicted molar refractivity (Wildman–Crippen MR) is 142 cm³/mol. The number of hydrogen-bond acceptors (Lipinski definition) is 4. The normalized spacial score (nSPS) is 18.8. The Morgan fingerprint density at radius 3 is 2.32 bits per heavy atom. The lowest BCUT2D eigenvalue weighted by Gasteiger charge is -2.38. The number of rotatable bonds is 5. The highest BCUT2D eigenvalue weighted by atomic mass is 35.5. The number of likely N-dealkylation sites (tertiary alicyclic amines) is 2. The van der Waals surface area contributed by atoms with Crippen LogP contribution in [0, 0.1) is 28.8 Å². The summed E-state index contributed by atoms with van der Waals surface area (Å²) in [6.07, 6.45) is 2.06. The van der Waals surface area contributed by atoms with E-state index < -0.39 is 4.92 Å². The molecule has 2 fully saturated rings. The van der Waals surface area contributed by atoms with E-state index in [1.807, 2.05) is 29.2 Å². The zero-order valence-electron chi connectivity index (χ0n) is 20.9. The highest BCUT2D eigenvalue weighted by Crippen LogP contribution is 2.35. The van der Waals surface area contributed by atoms with Crippen molar-refractivity contribution in [1.29, 1.82) is 0 Å². The number of nitro benzene ring substituents is 1. The van der Waals surface area contributed by atoms with Gasteiger partial charge in [0, 0.05) is 47.9 Å². The molecule has 3 aromatic carbocycles. The second-order valence-electron chi connectivity index (χ2n) is 10.0. The third-order valence-corrected chi connectivity index (χ3v) is 7.90. The quantitative estimate of drug-likeness (QED) is 0.311. The van der Waals surface area contributed by atoms with Gasteiger partial charge in [0.2, 0.25) is 0 Å². The van der Waals surface area contributed by atoms with Gasteiger partial charge in [-0.2, -0.15) is 0 Å². The molecule has 0 spiro atoms. The fraction of sp³-hybridized carbons (Fsp3) is 0.310. The maximum absolute atomic E-state index is 13.4. The minimum atomic E-state index is -0.524. The van der Waals surface area contributed by atoms with Crippen molar-refractivity contribution in [2.45, 2.75) is 32.2 Å². The first-order valence-electron chi connectivity index (χ1n) is 12.6. The van der Waals surface area contributed by atoms with Gasteiger partial charge in [-0.05, 0) is 73.6 Å². The van der Waals surface area contributed by atoms with Gasteiger partial charge in [-0.3, -0.25) is 19.7 Å². The third kappa shape index (κ3) is 5.13. The molecule has 7 nitrogen and oxygen atoms in total. The van der Waals surface area contributed by atoms with Crippen molar-refractivity contribution in [3.8, 4) is 0 Å². The lowest BCUT2D eigenvalue weighted by molar-refractivity contribution is -0.385. The van der Waals surface area contributed by atoms with Crippen molar-refractivity contribution >= 4 is 29.1 Å². The molecule has 0 unspecified atom stereocenters. The van der Waals surface area contributed by atoms with Crippen LogP contribution in [0.25, 0.3) is 0 Å². The number of nitro groups is 1. The standard InChI is InChI=1S/C29H27ClFN3O4/c1-18-25(15-23(30)16-27(18)34(37)38)29(36)33-13-10-22-17-32(12-11-26(22)33)28(35)21-6-2-19(3-7-21)14-20-4-8-24(31)9-5-20/h2-9,15-16,22,26H,10-14,17H2,1H3/t22-,26+/m0/s1. The van der Waals surface area contributed by atoms with Crippen LogP contribution in [-0.4, -0.2) is 52.2 Å². The maximum atomic E-state index is 13.4. The van der Waals surface area contributed by atoms with E-state index in [1.165, 1.54) is 24.3 Å². The SMILES string of the molecule is Cc1c(C(=O)N2CC[C@H]3CN(C(=O)c4ccc(Cc5ccc(F)cc5)cc4)CC[C@H]32)cc(Cl)cc1[N+](=O)[O-]. The van der Waals surface area contributed by atoms with Crippen LogP contribution in [-0.2, 0) is 6.42 Å². The van der Waals surface area contributed by atoms with E-state index in [0.717, 1.165) is 17.5 Å². The van der Waals surface area contributed by atoms with E-state index in [-0.39, 0.29) is 45.9 Å². The average Bonchev–Trinajstić information content (AvgIpc) is 3.34. The molecule has 0 aliphatic carbocycles. The van der Waals surface area contributed by atoms with Gasteiger partial charge in [-0.1, -0.05) is 35.9 Å². The summed E-state index contributed by atoms with van der Waals surface area (Å²) in [4.78, 5) is 41.2. The number of benzene rings is 3. The molecule has 2 amide bonds. The van der Waals surface area contributed by atoms with Gasteiger partial charge in [0.15, 0.2) is 0 Å². The lowest BCUT2D eigenvalue weighted by atomic mass is 9.92. The number of piperidine rings is 1. The minimum Gasteiger partial charge on any atom is -0.338 e. The molecular formula is C29H27ClFN3O4. The van der Waals surface area contributed by atoms with E-state index in [1.54, 1.807) is 24.0 Å². The molecule has 38 heavy (non-hydrogen) atoms. The lowest BCUT2D eigenvalue weighted by Crippen LogP contribution is -2.49. The Hall–Kier alpha value is -3.78. The molecule has 0 N–H and O–H groups in total. The van der Waals surface area contributed by atoms with Crippen molar-refractivity contribution in [3.63, 3.8) is 0 Å². The van der Waals surface area contributed by atoms with Crippen molar-refractivity contribution < 1.29 is 18.9 Å². The van der Waals surface area contributed by atoms with Crippen LogP contribution in [0.2, 0.25) is 5.02 Å². The van der Waals surface area contributed by atoms with Crippen molar-refractivity contribution in [1.82, 2.24) is 9.80 Å². The zero-order chi connectivity index (χ0) is 27.0. The Kier molecular flexibility index (Phi) is 7.17. The molecule has 0 saturated carbocycles. The van der Waals surface area contributed by atoms with Crippen LogP contribution in [0.4, 0.5) is 10.1 Å². The minimum absolute atomic E-state index is 0.0259. The zero-order valence-corrected chi connectivity index (χ0v) is 21.7. The number of carbonyl (C=O) groups is 2. The molecule has 9 heteroatoms. The Labute approximate surface area is 225 Å². The first-order chi connectivity index (χ1) is 18.2. The second kappa shape index (κ2) is 10.5. The first-order valence-corrected chi connectivity index (χ1v) is 13.0. The van der Waals surface area contributed by atoms with Gasteiger partial charge >= 0.3 is 0 Å². The molecule has 0 aromatic heterocycles. The van der Waals surface area contributed by atoms with Gasteiger partial charge in [-0.25, -0.2) is 4.39 Å². The van der Waals surface area contributed by atoms with Crippen LogP contribution < -0.4 is 0 Å². The summed E-state index contributed by atoms with van der Waals surface area (Å²) in [5, 5.41) is 11.6. The molecule has 2 heterocycles. The van der Waals surface area contributed by atoms with Crippen LogP contribution in [0.3, 0.4) is 0 Å². The number of hydrogen-bond donors (Lipinski definition) is 0. The van der Waals surface area contributed by atoms with E-state index in [0.29, 0.717) is 43.6 Å². The summed E-state index contributed by atoms with van der Waals surface area (Å²) in [5.41, 5.74) is 3.04. The Balaban J connectivity index is 1.24. The van der Waals surface area contributed by atoms with E-state index in [9.17, 15) is 24.1 Å². The summed E-state index contributed by atoms with van der Waals surface area (Å²) in [6.45, 7) is 3.19. The van der Waals surface area contributed by atoms with Crippen LogP contribution in [0.5, 0.6) is 0 Å². The van der Waals surface area contributed by atoms with Crippen molar-refractivity contribution in [3.05, 3.63) is 109 Å². The molecule has 2 aliphatic heterocycles. The summed E-state index contributed by atoms with van der Waals surface area (Å²) in [7, 11) is 0.